The topological polar surface area (TPSA) is 37.2 Å². The monoisotopic (exact) mass is 367 g/mol. The van der Waals surface area contributed by atoms with Crippen molar-refractivity contribution in [2.75, 3.05) is 14.1 Å². The van der Waals surface area contributed by atoms with Crippen molar-refractivity contribution in [3.05, 3.63) is 69.5 Å². The second-order valence-electron chi connectivity index (χ2n) is 5.10. The molecule has 0 N–H and O–H groups in total. The third kappa shape index (κ3) is 5.22. The molecule has 0 radical (unpaired) electrons. The molecule has 0 aliphatic rings. The van der Waals surface area contributed by atoms with E-state index in [-0.39, 0.29) is 17.2 Å². The first-order valence-corrected chi connectivity index (χ1v) is 7.82. The summed E-state index contributed by atoms with van der Waals surface area (Å²) in [6.07, 6.45) is 1.59. The summed E-state index contributed by atoms with van der Waals surface area (Å²) in [7, 11) is 3.67. The lowest BCUT2D eigenvalue weighted by atomic mass is 10.2. The molecule has 0 amide bonds. The van der Waals surface area contributed by atoms with Crippen molar-refractivity contribution in [2.45, 2.75) is 6.61 Å². The van der Waals surface area contributed by atoms with Crippen LogP contribution in [0.3, 0.4) is 0 Å². The maximum absolute atomic E-state index is 13.7. The summed E-state index contributed by atoms with van der Waals surface area (Å²) in [5.74, 6) is -0.102. The number of nitrogens with zero attached hydrogens (tertiary/aromatic N) is 3. The number of halogens is 3. The molecule has 126 valence electrons. The van der Waals surface area contributed by atoms with Crippen LogP contribution in [0.5, 0.6) is 0 Å². The molecule has 0 aromatic heterocycles. The highest BCUT2D eigenvalue weighted by Crippen LogP contribution is 2.20. The van der Waals surface area contributed by atoms with Gasteiger partial charge in [0.2, 0.25) is 0 Å². The Balaban J connectivity index is 2.20. The normalized spacial score (nSPS) is 11.8. The SMILES string of the molecule is CN(C)C=NC(=NOCc1c(F)cccc1Cl)c1ccc(Cl)cc1. The van der Waals surface area contributed by atoms with Gasteiger partial charge >= 0.3 is 0 Å². The summed E-state index contributed by atoms with van der Waals surface area (Å²) in [5.41, 5.74) is 0.965. The number of oxime groups is 1. The molecule has 2 aromatic carbocycles. The number of hydrogen-bond acceptors (Lipinski definition) is 2. The molecule has 0 aliphatic carbocycles. The molecule has 2 aromatic rings. The molecular weight excluding hydrogens is 352 g/mol. The average molecular weight is 368 g/mol. The largest absolute Gasteiger partial charge is 0.389 e. The number of hydrogen-bond donors (Lipinski definition) is 0. The zero-order chi connectivity index (χ0) is 17.5. The Hall–Kier alpha value is -2.11. The molecule has 0 fully saturated rings. The molecule has 2 rings (SSSR count). The summed E-state index contributed by atoms with van der Waals surface area (Å²) >= 11 is 11.9. The highest BCUT2D eigenvalue weighted by molar-refractivity contribution is 6.31. The van der Waals surface area contributed by atoms with Gasteiger partial charge in [0.15, 0.2) is 5.84 Å². The van der Waals surface area contributed by atoms with Crippen molar-refractivity contribution in [3.63, 3.8) is 0 Å². The molecule has 0 bridgehead atoms. The fourth-order valence-electron chi connectivity index (χ4n) is 1.75. The predicted octanol–water partition coefficient (Wildman–Crippen LogP) is 4.60. The first-order chi connectivity index (χ1) is 11.5. The standard InChI is InChI=1S/C17H16Cl2FN3O/c1-23(2)11-21-17(12-6-8-13(18)9-7-12)22-24-10-14-15(19)4-3-5-16(14)20/h3-9,11H,10H2,1-2H3. The lowest BCUT2D eigenvalue weighted by Gasteiger charge is -2.07. The average Bonchev–Trinajstić information content (AvgIpc) is 2.54. The summed E-state index contributed by atoms with van der Waals surface area (Å²) in [4.78, 5) is 11.3. The second-order valence-corrected chi connectivity index (χ2v) is 5.95. The molecule has 0 atom stereocenters. The van der Waals surface area contributed by atoms with Crippen LogP contribution in [-0.4, -0.2) is 31.2 Å². The zero-order valence-corrected chi connectivity index (χ0v) is 14.7. The van der Waals surface area contributed by atoms with Gasteiger partial charge in [0.05, 0.1) is 11.4 Å². The van der Waals surface area contributed by atoms with Gasteiger partial charge in [-0.2, -0.15) is 0 Å². The van der Waals surface area contributed by atoms with Crippen LogP contribution in [0.2, 0.25) is 10.0 Å². The van der Waals surface area contributed by atoms with E-state index in [0.717, 1.165) is 5.56 Å². The molecule has 0 saturated carbocycles. The quantitative estimate of drug-likeness (QED) is 0.439. The molecule has 4 nitrogen and oxygen atoms in total. The predicted molar refractivity (Wildman–Crippen MR) is 96.4 cm³/mol. The van der Waals surface area contributed by atoms with Gasteiger partial charge in [-0.25, -0.2) is 9.38 Å². The Morgan fingerprint density at radius 3 is 2.50 bits per heavy atom. The summed E-state index contributed by atoms with van der Waals surface area (Å²) < 4.78 is 13.7. The Kier molecular flexibility index (Phi) is 6.58. The summed E-state index contributed by atoms with van der Waals surface area (Å²) in [5, 5.41) is 4.89. The molecule has 24 heavy (non-hydrogen) atoms. The molecule has 7 heteroatoms. The number of aliphatic imine (C=N–C) groups is 1. The van der Waals surface area contributed by atoms with Crippen molar-refractivity contribution >= 4 is 35.4 Å². The summed E-state index contributed by atoms with van der Waals surface area (Å²) in [6, 6.07) is 11.4. The Morgan fingerprint density at radius 2 is 1.88 bits per heavy atom. The van der Waals surface area contributed by atoms with E-state index < -0.39 is 5.82 Å². The fraction of sp³-hybridized carbons (Fsp3) is 0.176. The highest BCUT2D eigenvalue weighted by Gasteiger charge is 2.08. The minimum atomic E-state index is -0.442. The minimum Gasteiger partial charge on any atom is -0.389 e. The van der Waals surface area contributed by atoms with Crippen LogP contribution in [0.4, 0.5) is 4.39 Å². The Bertz CT molecular complexity index is 726. The van der Waals surface area contributed by atoms with Gasteiger partial charge in [-0.05, 0) is 36.4 Å². The van der Waals surface area contributed by atoms with E-state index in [1.807, 2.05) is 14.1 Å². The zero-order valence-electron chi connectivity index (χ0n) is 13.2. The van der Waals surface area contributed by atoms with E-state index >= 15 is 0 Å². The van der Waals surface area contributed by atoms with E-state index in [1.165, 1.54) is 12.1 Å². The van der Waals surface area contributed by atoms with Crippen molar-refractivity contribution in [1.82, 2.24) is 4.90 Å². The summed E-state index contributed by atoms with van der Waals surface area (Å²) in [6.45, 7) is -0.0971. The van der Waals surface area contributed by atoms with Crippen molar-refractivity contribution in [1.29, 1.82) is 0 Å². The van der Waals surface area contributed by atoms with Crippen LogP contribution >= 0.6 is 23.2 Å². The molecule has 0 spiro atoms. The van der Waals surface area contributed by atoms with Gasteiger partial charge in [-0.15, -0.1) is 0 Å². The van der Waals surface area contributed by atoms with Crippen molar-refractivity contribution in [3.8, 4) is 0 Å². The maximum Gasteiger partial charge on any atom is 0.200 e. The van der Waals surface area contributed by atoms with Gasteiger partial charge in [0.1, 0.15) is 12.4 Å². The van der Waals surface area contributed by atoms with E-state index in [0.29, 0.717) is 10.9 Å². The first kappa shape index (κ1) is 18.2. The lowest BCUT2D eigenvalue weighted by molar-refractivity contribution is 0.128. The molecule has 0 saturated heterocycles. The highest BCUT2D eigenvalue weighted by atomic mass is 35.5. The number of benzene rings is 2. The van der Waals surface area contributed by atoms with Crippen LogP contribution in [0.15, 0.2) is 52.6 Å². The van der Waals surface area contributed by atoms with Crippen LogP contribution in [0.1, 0.15) is 11.1 Å². The maximum atomic E-state index is 13.7. The van der Waals surface area contributed by atoms with E-state index in [1.54, 1.807) is 41.6 Å². The second kappa shape index (κ2) is 8.66. The smallest absolute Gasteiger partial charge is 0.200 e. The molecule has 0 heterocycles. The first-order valence-electron chi connectivity index (χ1n) is 7.07. The van der Waals surface area contributed by atoms with Gasteiger partial charge < -0.3 is 9.74 Å². The third-order valence-corrected chi connectivity index (χ3v) is 3.54. The molecule has 0 aliphatic heterocycles. The van der Waals surface area contributed by atoms with Crippen LogP contribution in [-0.2, 0) is 11.4 Å². The van der Waals surface area contributed by atoms with Crippen LogP contribution < -0.4 is 0 Å². The lowest BCUT2D eigenvalue weighted by Crippen LogP contribution is -2.10. The van der Waals surface area contributed by atoms with Crippen LogP contribution in [0, 0.1) is 5.82 Å². The van der Waals surface area contributed by atoms with Crippen LogP contribution in [0.25, 0.3) is 0 Å². The third-order valence-electron chi connectivity index (χ3n) is 2.93. The van der Waals surface area contributed by atoms with Crippen molar-refractivity contribution < 1.29 is 9.23 Å². The van der Waals surface area contributed by atoms with Gasteiger partial charge in [0.25, 0.3) is 0 Å². The fourth-order valence-corrected chi connectivity index (χ4v) is 2.09. The van der Waals surface area contributed by atoms with E-state index in [2.05, 4.69) is 10.1 Å². The molecule has 0 unspecified atom stereocenters. The van der Waals surface area contributed by atoms with E-state index in [9.17, 15) is 4.39 Å². The Morgan fingerprint density at radius 1 is 1.17 bits per heavy atom. The van der Waals surface area contributed by atoms with Gasteiger partial charge in [-0.1, -0.05) is 34.4 Å². The minimum absolute atomic E-state index is 0.0971. The van der Waals surface area contributed by atoms with E-state index in [4.69, 9.17) is 28.0 Å². The molecular formula is C17H16Cl2FN3O. The van der Waals surface area contributed by atoms with Gasteiger partial charge in [-0.3, -0.25) is 0 Å². The Labute approximate surface area is 150 Å². The van der Waals surface area contributed by atoms with Crippen molar-refractivity contribution in [2.24, 2.45) is 10.1 Å². The number of rotatable bonds is 5. The number of amidine groups is 1. The van der Waals surface area contributed by atoms with Gasteiger partial charge in [0, 0.05) is 30.2 Å².